The zero-order valence-corrected chi connectivity index (χ0v) is 32.0. The van der Waals surface area contributed by atoms with Gasteiger partial charge in [-0.15, -0.1) is 0 Å². The average Bonchev–Trinajstić information content (AvgIpc) is 3.57. The minimum atomic E-state index is -2.89. The zero-order valence-electron chi connectivity index (χ0n) is 30.1. The molecule has 10 rings (SSSR count). The summed E-state index contributed by atoms with van der Waals surface area (Å²) in [5.74, 6) is 0. The molecule has 0 saturated heterocycles. The van der Waals surface area contributed by atoms with Crippen LogP contribution in [0.5, 0.6) is 0 Å². The number of nitrogens with zero attached hydrogens (tertiary/aromatic N) is 3. The highest BCUT2D eigenvalue weighted by atomic mass is 32.2. The van der Waals surface area contributed by atoms with E-state index in [0.29, 0.717) is 0 Å². The molecule has 0 atom stereocenters. The van der Waals surface area contributed by atoms with Gasteiger partial charge in [-0.2, -0.15) is 0 Å². The first kappa shape index (κ1) is 32.6. The Morgan fingerprint density at radius 2 is 1.20 bits per heavy atom. The molecule has 54 heavy (non-hydrogen) atoms. The van der Waals surface area contributed by atoms with E-state index in [1.165, 1.54) is 58.0 Å². The van der Waals surface area contributed by atoms with Crippen LogP contribution in [0, 0.1) is 0 Å². The average molecular weight is 728 g/mol. The number of aromatic nitrogens is 3. The lowest BCUT2D eigenvalue weighted by Gasteiger charge is -2.35. The Morgan fingerprint density at radius 1 is 0.537 bits per heavy atom. The molecule has 4 heterocycles. The summed E-state index contributed by atoms with van der Waals surface area (Å²) in [5.41, 5.74) is 7.91. The summed E-state index contributed by atoms with van der Waals surface area (Å²) in [6.07, 6.45) is 3.80. The summed E-state index contributed by atoms with van der Waals surface area (Å²) in [6.45, 7) is 4.76. The molecule has 0 bridgehead atoms. The van der Waals surface area contributed by atoms with E-state index in [2.05, 4.69) is 188 Å². The number of hydrogen-bond acceptors (Lipinski definition) is 3. The quantitative estimate of drug-likeness (QED) is 0.126. The van der Waals surface area contributed by atoms with Crippen LogP contribution in [0.3, 0.4) is 0 Å². The van der Waals surface area contributed by atoms with Crippen molar-refractivity contribution >= 4 is 62.5 Å². The van der Waals surface area contributed by atoms with Crippen LogP contribution in [-0.4, -0.2) is 22.6 Å². The predicted molar refractivity (Wildman–Crippen MR) is 228 cm³/mol. The molecule has 5 heteroatoms. The molecular formula is C49H37N3SSi. The van der Waals surface area contributed by atoms with Crippen molar-refractivity contribution in [1.29, 1.82) is 0 Å². The molecule has 0 N–H and O–H groups in total. The maximum atomic E-state index is 5.11. The molecule has 3 nitrogen and oxygen atoms in total. The van der Waals surface area contributed by atoms with Crippen molar-refractivity contribution in [3.05, 3.63) is 199 Å². The largest absolute Gasteiger partial charge is 0.294 e. The monoisotopic (exact) mass is 727 g/mol. The summed E-state index contributed by atoms with van der Waals surface area (Å²) in [7, 11) is -2.89. The van der Waals surface area contributed by atoms with Crippen LogP contribution < -0.4 is 20.7 Å². The van der Waals surface area contributed by atoms with Gasteiger partial charge in [0.15, 0.2) is 8.07 Å². The van der Waals surface area contributed by atoms with Gasteiger partial charge in [0.1, 0.15) is 5.65 Å². The summed E-state index contributed by atoms with van der Waals surface area (Å²) in [4.78, 5) is 12.5. The first-order valence-electron chi connectivity index (χ1n) is 18.5. The lowest BCUT2D eigenvalue weighted by molar-refractivity contribution is 0.614. The third-order valence-corrected chi connectivity index (χ3v) is 17.2. The van der Waals surface area contributed by atoms with Gasteiger partial charge in [-0.05, 0) is 86.5 Å². The number of rotatable bonds is 6. The van der Waals surface area contributed by atoms with E-state index in [9.17, 15) is 0 Å². The molecule has 3 aromatic heterocycles. The van der Waals surface area contributed by atoms with E-state index in [1.54, 1.807) is 0 Å². The van der Waals surface area contributed by atoms with Crippen LogP contribution in [0.25, 0.3) is 38.9 Å². The second-order valence-electron chi connectivity index (χ2n) is 14.6. The number of hydrogen-bond donors (Lipinski definition) is 0. The molecule has 258 valence electrons. The maximum Gasteiger partial charge on any atom is 0.179 e. The standard InChI is InChI=1S/C49H37N3SSi/c1-49(2)41-25-9-10-27-44(41)53-45-29-28-43-46(47(45)49)40-24-15-31-51-48(40)52(43)35-17-14-23-39(33-35)54(36-18-5-3-6-19-36,37-20-7-4-8-21-37)38-22-13-16-34(32-38)42-26-11-12-30-50-42/h3-33H,1-2H3. The fourth-order valence-electron chi connectivity index (χ4n) is 8.91. The smallest absolute Gasteiger partial charge is 0.179 e. The topological polar surface area (TPSA) is 30.7 Å². The highest BCUT2D eigenvalue weighted by Gasteiger charge is 2.42. The van der Waals surface area contributed by atoms with Gasteiger partial charge in [0.05, 0.1) is 11.2 Å². The minimum absolute atomic E-state index is 0.186. The molecule has 9 aromatic rings. The van der Waals surface area contributed by atoms with Gasteiger partial charge in [-0.3, -0.25) is 9.55 Å². The van der Waals surface area contributed by atoms with Crippen molar-refractivity contribution in [2.75, 3.05) is 0 Å². The van der Waals surface area contributed by atoms with Crippen molar-refractivity contribution < 1.29 is 0 Å². The molecule has 0 saturated carbocycles. The molecular weight excluding hydrogens is 691 g/mol. The van der Waals surface area contributed by atoms with E-state index >= 15 is 0 Å². The van der Waals surface area contributed by atoms with Crippen molar-refractivity contribution in [2.45, 2.75) is 29.1 Å². The van der Waals surface area contributed by atoms with Crippen molar-refractivity contribution in [3.63, 3.8) is 0 Å². The molecule has 0 amide bonds. The molecule has 0 unspecified atom stereocenters. The lowest BCUT2D eigenvalue weighted by Crippen LogP contribution is -2.74. The van der Waals surface area contributed by atoms with Gasteiger partial charge in [-0.25, -0.2) is 4.98 Å². The normalized spacial score (nSPS) is 13.4. The number of fused-ring (bicyclic) bond motifs is 6. The van der Waals surface area contributed by atoms with Crippen LogP contribution >= 0.6 is 11.8 Å². The van der Waals surface area contributed by atoms with Gasteiger partial charge < -0.3 is 0 Å². The van der Waals surface area contributed by atoms with Crippen LogP contribution in [0.1, 0.15) is 25.0 Å². The third kappa shape index (κ3) is 4.96. The van der Waals surface area contributed by atoms with Gasteiger partial charge in [0, 0.05) is 49.6 Å². The Hall–Kier alpha value is -6.01. The van der Waals surface area contributed by atoms with E-state index in [-0.39, 0.29) is 5.41 Å². The fraction of sp³-hybridized carbons (Fsp3) is 0.0612. The Bertz CT molecular complexity index is 2790. The minimum Gasteiger partial charge on any atom is -0.294 e. The molecule has 0 spiro atoms. The van der Waals surface area contributed by atoms with Gasteiger partial charge in [-0.1, -0.05) is 147 Å². The van der Waals surface area contributed by atoms with Crippen molar-refractivity contribution in [1.82, 2.24) is 14.5 Å². The van der Waals surface area contributed by atoms with Gasteiger partial charge >= 0.3 is 0 Å². The Morgan fingerprint density at radius 3 is 1.96 bits per heavy atom. The van der Waals surface area contributed by atoms with Crippen LogP contribution in [0.15, 0.2) is 198 Å². The van der Waals surface area contributed by atoms with E-state index in [1.807, 2.05) is 30.2 Å². The van der Waals surface area contributed by atoms with Crippen LogP contribution in [0.4, 0.5) is 0 Å². The van der Waals surface area contributed by atoms with Crippen LogP contribution in [-0.2, 0) is 5.41 Å². The Balaban J connectivity index is 1.26. The number of benzene rings is 6. The molecule has 0 fully saturated rings. The van der Waals surface area contributed by atoms with E-state index in [4.69, 9.17) is 9.97 Å². The summed E-state index contributed by atoms with van der Waals surface area (Å²) >= 11 is 1.88. The summed E-state index contributed by atoms with van der Waals surface area (Å²) in [6, 6.07) is 64.7. The van der Waals surface area contributed by atoms with E-state index < -0.39 is 8.07 Å². The molecule has 1 aliphatic rings. The lowest BCUT2D eigenvalue weighted by atomic mass is 9.76. The zero-order chi connectivity index (χ0) is 36.3. The maximum absolute atomic E-state index is 5.11. The number of pyridine rings is 2. The van der Waals surface area contributed by atoms with Crippen molar-refractivity contribution in [3.8, 4) is 16.9 Å². The first-order valence-corrected chi connectivity index (χ1v) is 21.3. The fourth-order valence-corrected chi connectivity index (χ4v) is 15.1. The van der Waals surface area contributed by atoms with Gasteiger partial charge in [0.2, 0.25) is 0 Å². The second-order valence-corrected chi connectivity index (χ2v) is 19.5. The highest BCUT2D eigenvalue weighted by Crippen LogP contribution is 2.52. The first-order chi connectivity index (χ1) is 26.5. The molecule has 6 aromatic carbocycles. The SMILES string of the molecule is CC1(C)c2ccccc2Sc2ccc3c(c21)c1cccnc1n3-c1cccc([Si](c2ccccc2)(c2ccccc2)c2cccc(-c3ccccn3)c2)c1. The Labute approximate surface area is 321 Å². The summed E-state index contributed by atoms with van der Waals surface area (Å²) in [5, 5.41) is 7.75. The molecule has 0 radical (unpaired) electrons. The van der Waals surface area contributed by atoms with E-state index in [0.717, 1.165) is 22.6 Å². The van der Waals surface area contributed by atoms with Crippen molar-refractivity contribution in [2.24, 2.45) is 0 Å². The Kier molecular flexibility index (Phi) is 7.75. The molecule has 0 aliphatic carbocycles. The summed E-state index contributed by atoms with van der Waals surface area (Å²) < 4.78 is 2.40. The highest BCUT2D eigenvalue weighted by molar-refractivity contribution is 7.99. The second kappa shape index (κ2) is 12.8. The van der Waals surface area contributed by atoms with Gasteiger partial charge in [0.25, 0.3) is 0 Å². The van der Waals surface area contributed by atoms with Crippen LogP contribution in [0.2, 0.25) is 0 Å². The third-order valence-electron chi connectivity index (χ3n) is 11.3. The molecule has 1 aliphatic heterocycles. The predicted octanol–water partition coefficient (Wildman–Crippen LogP) is 9.41.